The second-order valence-corrected chi connectivity index (χ2v) is 5.02. The molecule has 0 saturated heterocycles. The molecule has 2 saturated carbocycles. The Labute approximate surface area is 85.7 Å². The number of carbonyl (C=O) groups excluding carboxylic acids is 1. The molecule has 2 heteroatoms. The minimum Gasteiger partial charge on any atom is -0.382 e. The first kappa shape index (κ1) is 10.2. The molecule has 2 aliphatic carbocycles. The van der Waals surface area contributed by atoms with Crippen LogP contribution in [0.25, 0.3) is 0 Å². The molecule has 0 aromatic carbocycles. The Bertz CT molecular complexity index is 210. The van der Waals surface area contributed by atoms with E-state index in [0.29, 0.717) is 25.2 Å². The Morgan fingerprint density at radius 1 is 1.14 bits per heavy atom. The summed E-state index contributed by atoms with van der Waals surface area (Å²) in [6.07, 6.45) is 8.84. The highest BCUT2D eigenvalue weighted by Gasteiger charge is 2.38. The number of hydrogen-bond donors (Lipinski definition) is 1. The Balaban J connectivity index is 1.92. The molecule has 2 aliphatic rings. The van der Waals surface area contributed by atoms with Crippen molar-refractivity contribution < 1.29 is 9.90 Å². The van der Waals surface area contributed by atoms with E-state index in [9.17, 15) is 9.90 Å². The van der Waals surface area contributed by atoms with Gasteiger partial charge in [-0.15, -0.1) is 0 Å². The van der Waals surface area contributed by atoms with E-state index >= 15 is 0 Å². The minimum absolute atomic E-state index is 0.127. The molecule has 2 nitrogen and oxygen atoms in total. The van der Waals surface area contributed by atoms with E-state index in [1.165, 1.54) is 25.7 Å². The van der Waals surface area contributed by atoms with Gasteiger partial charge in [0, 0.05) is 6.42 Å². The minimum atomic E-state index is -0.945. The fourth-order valence-corrected chi connectivity index (χ4v) is 2.37. The molecular formula is C12H20O2. The lowest BCUT2D eigenvalue weighted by Crippen LogP contribution is -2.38. The molecule has 0 aliphatic heterocycles. The summed E-state index contributed by atoms with van der Waals surface area (Å²) in [6, 6.07) is 0. The van der Waals surface area contributed by atoms with Crippen molar-refractivity contribution in [3.63, 3.8) is 0 Å². The third kappa shape index (κ3) is 2.35. The number of rotatable bonds is 3. The predicted molar refractivity (Wildman–Crippen MR) is 55.0 cm³/mol. The summed E-state index contributed by atoms with van der Waals surface area (Å²) in [6.45, 7) is 0. The van der Waals surface area contributed by atoms with E-state index in [2.05, 4.69) is 0 Å². The van der Waals surface area contributed by atoms with Crippen molar-refractivity contribution in [3.05, 3.63) is 0 Å². The molecule has 2 fully saturated rings. The van der Waals surface area contributed by atoms with E-state index in [4.69, 9.17) is 0 Å². The molecule has 0 spiro atoms. The van der Waals surface area contributed by atoms with Crippen LogP contribution in [-0.4, -0.2) is 16.5 Å². The summed E-state index contributed by atoms with van der Waals surface area (Å²) in [5, 5.41) is 10.2. The molecule has 0 bridgehead atoms. The normalized spacial score (nSPS) is 26.9. The Hall–Kier alpha value is -0.370. The molecule has 14 heavy (non-hydrogen) atoms. The zero-order chi connectivity index (χ0) is 10.0. The molecule has 0 radical (unpaired) electrons. The maximum absolute atomic E-state index is 11.9. The van der Waals surface area contributed by atoms with Crippen molar-refractivity contribution in [1.29, 1.82) is 0 Å². The number of ketones is 1. The third-order valence-electron chi connectivity index (χ3n) is 3.62. The fourth-order valence-electron chi connectivity index (χ4n) is 2.37. The lowest BCUT2D eigenvalue weighted by molar-refractivity contribution is -0.139. The van der Waals surface area contributed by atoms with Gasteiger partial charge in [-0.25, -0.2) is 0 Å². The van der Waals surface area contributed by atoms with Crippen molar-refractivity contribution in [2.75, 3.05) is 0 Å². The summed E-state index contributed by atoms with van der Waals surface area (Å²) in [5.74, 6) is 0.733. The Morgan fingerprint density at radius 3 is 2.21 bits per heavy atom. The molecule has 0 heterocycles. The van der Waals surface area contributed by atoms with E-state index in [1.807, 2.05) is 0 Å². The summed E-state index contributed by atoms with van der Waals surface area (Å²) in [4.78, 5) is 11.9. The van der Waals surface area contributed by atoms with Crippen LogP contribution in [0.5, 0.6) is 0 Å². The molecule has 0 amide bonds. The Kier molecular flexibility index (Phi) is 2.91. The number of aliphatic hydroxyl groups is 1. The second kappa shape index (κ2) is 4.01. The van der Waals surface area contributed by atoms with E-state index < -0.39 is 5.60 Å². The Morgan fingerprint density at radius 2 is 1.71 bits per heavy atom. The van der Waals surface area contributed by atoms with Crippen molar-refractivity contribution in [1.82, 2.24) is 0 Å². The van der Waals surface area contributed by atoms with Gasteiger partial charge in [0.1, 0.15) is 5.60 Å². The van der Waals surface area contributed by atoms with Crippen LogP contribution in [0.3, 0.4) is 0 Å². The highest BCUT2D eigenvalue weighted by Crippen LogP contribution is 2.36. The average Bonchev–Trinajstić information content (AvgIpc) is 2.94. The van der Waals surface area contributed by atoms with Crippen LogP contribution in [-0.2, 0) is 4.79 Å². The van der Waals surface area contributed by atoms with E-state index in [1.54, 1.807) is 0 Å². The van der Waals surface area contributed by atoms with Gasteiger partial charge in [0.05, 0.1) is 0 Å². The lowest BCUT2D eigenvalue weighted by atomic mass is 9.87. The van der Waals surface area contributed by atoms with Gasteiger partial charge >= 0.3 is 0 Å². The maximum Gasteiger partial charge on any atom is 0.164 e. The summed E-state index contributed by atoms with van der Waals surface area (Å²) in [5.41, 5.74) is -0.945. The van der Waals surface area contributed by atoms with Gasteiger partial charge in [0.2, 0.25) is 0 Å². The van der Waals surface area contributed by atoms with Crippen molar-refractivity contribution in [3.8, 4) is 0 Å². The molecule has 80 valence electrons. The van der Waals surface area contributed by atoms with Gasteiger partial charge in [-0.3, -0.25) is 4.79 Å². The lowest BCUT2D eigenvalue weighted by Gasteiger charge is -2.24. The average molecular weight is 196 g/mol. The molecule has 0 aromatic rings. The van der Waals surface area contributed by atoms with Crippen LogP contribution < -0.4 is 0 Å². The zero-order valence-corrected chi connectivity index (χ0v) is 8.80. The van der Waals surface area contributed by atoms with E-state index in [-0.39, 0.29) is 5.78 Å². The second-order valence-electron chi connectivity index (χ2n) is 5.02. The summed E-state index contributed by atoms with van der Waals surface area (Å²) in [7, 11) is 0. The maximum atomic E-state index is 11.9. The standard InChI is InChI=1S/C12H20O2/c13-11(9-10-5-6-10)12(14)7-3-1-2-4-8-12/h10,14H,1-9H2. The van der Waals surface area contributed by atoms with E-state index in [0.717, 1.165) is 12.8 Å². The third-order valence-corrected chi connectivity index (χ3v) is 3.62. The number of carbonyl (C=O) groups is 1. The molecule has 1 N–H and O–H groups in total. The van der Waals surface area contributed by atoms with Crippen LogP contribution >= 0.6 is 0 Å². The van der Waals surface area contributed by atoms with Gasteiger partial charge in [-0.05, 0) is 31.6 Å². The van der Waals surface area contributed by atoms with Crippen LogP contribution in [0.1, 0.15) is 57.8 Å². The van der Waals surface area contributed by atoms with Crippen LogP contribution in [0, 0.1) is 5.92 Å². The van der Waals surface area contributed by atoms with Crippen LogP contribution in [0.2, 0.25) is 0 Å². The molecule has 0 unspecified atom stereocenters. The highest BCUT2D eigenvalue weighted by atomic mass is 16.3. The molecule has 0 aromatic heterocycles. The topological polar surface area (TPSA) is 37.3 Å². The van der Waals surface area contributed by atoms with Crippen molar-refractivity contribution in [2.24, 2.45) is 5.92 Å². The molecular weight excluding hydrogens is 176 g/mol. The van der Waals surface area contributed by atoms with Gasteiger partial charge in [-0.1, -0.05) is 25.7 Å². The predicted octanol–water partition coefficient (Wildman–Crippen LogP) is 2.44. The smallest absolute Gasteiger partial charge is 0.164 e. The number of hydrogen-bond acceptors (Lipinski definition) is 2. The van der Waals surface area contributed by atoms with Crippen molar-refractivity contribution in [2.45, 2.75) is 63.4 Å². The fraction of sp³-hybridized carbons (Fsp3) is 0.917. The van der Waals surface area contributed by atoms with Gasteiger partial charge in [-0.2, -0.15) is 0 Å². The first-order chi connectivity index (χ1) is 6.71. The summed E-state index contributed by atoms with van der Waals surface area (Å²) < 4.78 is 0. The van der Waals surface area contributed by atoms with Crippen LogP contribution in [0.4, 0.5) is 0 Å². The van der Waals surface area contributed by atoms with Crippen molar-refractivity contribution >= 4 is 5.78 Å². The molecule has 2 rings (SSSR count). The summed E-state index contributed by atoms with van der Waals surface area (Å²) >= 11 is 0. The van der Waals surface area contributed by atoms with Gasteiger partial charge in [0.15, 0.2) is 5.78 Å². The monoisotopic (exact) mass is 196 g/mol. The number of Topliss-reactive ketones (excluding diaryl/α,β-unsaturated/α-hetero) is 1. The highest BCUT2D eigenvalue weighted by molar-refractivity contribution is 5.87. The van der Waals surface area contributed by atoms with Gasteiger partial charge in [0.25, 0.3) is 0 Å². The quantitative estimate of drug-likeness (QED) is 0.704. The van der Waals surface area contributed by atoms with Gasteiger partial charge < -0.3 is 5.11 Å². The zero-order valence-electron chi connectivity index (χ0n) is 8.80. The first-order valence-electron chi connectivity index (χ1n) is 5.96. The SMILES string of the molecule is O=C(CC1CC1)C1(O)CCCCCC1. The largest absolute Gasteiger partial charge is 0.382 e. The first-order valence-corrected chi connectivity index (χ1v) is 5.96. The molecule has 0 atom stereocenters. The van der Waals surface area contributed by atoms with Crippen LogP contribution in [0.15, 0.2) is 0 Å².